The Hall–Kier alpha value is -1.82. The highest BCUT2D eigenvalue weighted by Crippen LogP contribution is 2.33. The van der Waals surface area contributed by atoms with Crippen molar-refractivity contribution in [3.63, 3.8) is 0 Å². The maximum Gasteiger partial charge on any atom is 0.350 e. The van der Waals surface area contributed by atoms with E-state index in [1.54, 1.807) is 9.47 Å². The molecule has 0 amide bonds. The number of aromatic nitrogens is 4. The van der Waals surface area contributed by atoms with E-state index in [1.807, 2.05) is 0 Å². The third-order valence-corrected chi connectivity index (χ3v) is 3.76. The number of aliphatic hydroxyl groups is 2. The monoisotopic (exact) mass is 376 g/mol. The van der Waals surface area contributed by atoms with Gasteiger partial charge in [0.2, 0.25) is 5.95 Å². The van der Waals surface area contributed by atoms with Gasteiger partial charge in [-0.15, -0.1) is 0 Å². The highest BCUT2D eigenvalue weighted by Gasteiger charge is 2.18. The zero-order valence-electron chi connectivity index (χ0n) is 13.4. The third-order valence-electron chi connectivity index (χ3n) is 3.24. The predicted octanol–water partition coefficient (Wildman–Crippen LogP) is -1.65. The molecule has 0 saturated carbocycles. The molecule has 12 nitrogen and oxygen atoms in total. The van der Waals surface area contributed by atoms with Crippen molar-refractivity contribution in [3.8, 4) is 0 Å². The molecule has 0 fully saturated rings. The van der Waals surface area contributed by atoms with Gasteiger partial charge in [0.25, 0.3) is 0 Å². The van der Waals surface area contributed by atoms with E-state index in [2.05, 4.69) is 15.0 Å². The highest BCUT2D eigenvalue weighted by molar-refractivity contribution is 7.51. The Morgan fingerprint density at radius 1 is 1.24 bits per heavy atom. The lowest BCUT2D eigenvalue weighted by atomic mass is 10.4. The fourth-order valence-electron chi connectivity index (χ4n) is 2.24. The fourth-order valence-corrected chi connectivity index (χ4v) is 2.61. The first-order chi connectivity index (χ1) is 11.9. The number of fused-ring (bicyclic) bond motifs is 1. The van der Waals surface area contributed by atoms with E-state index in [1.165, 1.54) is 6.33 Å². The highest BCUT2D eigenvalue weighted by atomic mass is 31.2. The van der Waals surface area contributed by atoms with Crippen LogP contribution < -0.4 is 10.6 Å². The predicted molar refractivity (Wildman–Crippen MR) is 89.0 cm³/mol. The molecular weight excluding hydrogens is 355 g/mol. The van der Waals surface area contributed by atoms with Gasteiger partial charge in [0.05, 0.1) is 26.1 Å². The van der Waals surface area contributed by atoms with Gasteiger partial charge in [-0.05, 0) is 0 Å². The average Bonchev–Trinajstić information content (AvgIpc) is 2.92. The van der Waals surface area contributed by atoms with Crippen LogP contribution in [0.25, 0.3) is 11.2 Å². The van der Waals surface area contributed by atoms with E-state index < -0.39 is 13.9 Å². The molecule has 25 heavy (non-hydrogen) atoms. The quantitative estimate of drug-likeness (QED) is 0.237. The van der Waals surface area contributed by atoms with Gasteiger partial charge in [0.15, 0.2) is 17.0 Å². The molecule has 13 heteroatoms. The number of nitrogen functional groups attached to an aromatic ring is 1. The topological polar surface area (TPSA) is 180 Å². The molecule has 0 spiro atoms. The van der Waals surface area contributed by atoms with Crippen molar-refractivity contribution in [2.24, 2.45) is 0 Å². The Labute approximate surface area is 143 Å². The maximum atomic E-state index is 10.8. The maximum absolute atomic E-state index is 10.8. The van der Waals surface area contributed by atoms with E-state index >= 15 is 0 Å². The van der Waals surface area contributed by atoms with E-state index in [-0.39, 0.29) is 45.4 Å². The average molecular weight is 376 g/mol. The van der Waals surface area contributed by atoms with Crippen molar-refractivity contribution in [1.29, 1.82) is 0 Å². The molecule has 0 saturated heterocycles. The molecular formula is C12H21N6O6P. The molecule has 0 radical (unpaired) electrons. The van der Waals surface area contributed by atoms with E-state index in [0.29, 0.717) is 17.0 Å². The number of hydrogen-bond donors (Lipinski definition) is 5. The van der Waals surface area contributed by atoms with Crippen LogP contribution in [0.15, 0.2) is 6.33 Å². The Bertz CT molecular complexity index is 743. The van der Waals surface area contributed by atoms with Crippen molar-refractivity contribution in [3.05, 3.63) is 6.33 Å². The Kier molecular flexibility index (Phi) is 6.64. The van der Waals surface area contributed by atoms with Crippen LogP contribution in [0, 0.1) is 0 Å². The van der Waals surface area contributed by atoms with E-state index in [4.69, 9.17) is 20.3 Å². The molecule has 0 aliphatic heterocycles. The first-order valence-corrected chi connectivity index (χ1v) is 9.23. The molecule has 2 aromatic rings. The molecule has 140 valence electrons. The molecule has 0 aromatic carbocycles. The fraction of sp³-hybridized carbons (Fsp3) is 0.583. The number of nitrogens with two attached hydrogens (primary N) is 1. The van der Waals surface area contributed by atoms with Crippen LogP contribution in [0.4, 0.5) is 11.8 Å². The van der Waals surface area contributed by atoms with Crippen LogP contribution in [0.3, 0.4) is 0 Å². The van der Waals surface area contributed by atoms with Gasteiger partial charge in [0.1, 0.15) is 6.35 Å². The van der Waals surface area contributed by atoms with Gasteiger partial charge in [0, 0.05) is 19.6 Å². The molecule has 2 heterocycles. The molecule has 2 rings (SSSR count). The summed E-state index contributed by atoms with van der Waals surface area (Å²) in [6, 6.07) is 0. The van der Waals surface area contributed by atoms with Gasteiger partial charge >= 0.3 is 7.60 Å². The van der Waals surface area contributed by atoms with Crippen molar-refractivity contribution in [2.45, 2.75) is 6.54 Å². The number of aliphatic hydroxyl groups excluding tert-OH is 2. The van der Waals surface area contributed by atoms with Crippen molar-refractivity contribution >= 4 is 30.5 Å². The summed E-state index contributed by atoms with van der Waals surface area (Å²) in [6.45, 7) is 0.512. The molecule has 0 aliphatic rings. The zero-order valence-corrected chi connectivity index (χ0v) is 14.3. The van der Waals surface area contributed by atoms with Crippen LogP contribution in [-0.4, -0.2) is 78.8 Å². The van der Waals surface area contributed by atoms with Gasteiger partial charge in [-0.3, -0.25) is 4.57 Å². The van der Waals surface area contributed by atoms with Crippen LogP contribution in [-0.2, 0) is 15.8 Å². The molecule has 2 aromatic heterocycles. The van der Waals surface area contributed by atoms with Crippen LogP contribution in [0.5, 0.6) is 0 Å². The number of anilines is 2. The van der Waals surface area contributed by atoms with Gasteiger partial charge < -0.3 is 39.9 Å². The number of imidazole rings is 1. The number of nitrogens with zero attached hydrogens (tertiary/aromatic N) is 5. The summed E-state index contributed by atoms with van der Waals surface area (Å²) < 4.78 is 17.3. The molecule has 0 aliphatic carbocycles. The Balaban J connectivity index is 2.23. The first-order valence-electron chi connectivity index (χ1n) is 7.43. The second kappa shape index (κ2) is 8.52. The van der Waals surface area contributed by atoms with Crippen LogP contribution >= 0.6 is 7.60 Å². The van der Waals surface area contributed by atoms with Crippen molar-refractivity contribution in [2.75, 3.05) is 49.9 Å². The summed E-state index contributed by atoms with van der Waals surface area (Å²) in [4.78, 5) is 31.7. The van der Waals surface area contributed by atoms with Gasteiger partial charge in [-0.25, -0.2) is 4.98 Å². The normalized spacial score (nSPS) is 12.0. The summed E-state index contributed by atoms with van der Waals surface area (Å²) in [5, 5.41) is 18.4. The van der Waals surface area contributed by atoms with E-state index in [9.17, 15) is 14.8 Å². The smallest absolute Gasteiger partial charge is 0.350 e. The summed E-state index contributed by atoms with van der Waals surface area (Å²) in [5.74, 6) is 0.391. The van der Waals surface area contributed by atoms with Gasteiger partial charge in [-0.1, -0.05) is 0 Å². The van der Waals surface area contributed by atoms with Crippen LogP contribution in [0.1, 0.15) is 0 Å². The number of ether oxygens (including phenoxy) is 1. The minimum atomic E-state index is -4.21. The lowest BCUT2D eigenvalue weighted by Gasteiger charge is -2.22. The minimum Gasteiger partial charge on any atom is -0.395 e. The largest absolute Gasteiger partial charge is 0.395 e. The summed E-state index contributed by atoms with van der Waals surface area (Å²) in [6.07, 6.45) is 0.821. The number of hydrogen-bond acceptors (Lipinski definition) is 9. The number of rotatable bonds is 10. The summed E-state index contributed by atoms with van der Waals surface area (Å²) in [7, 11) is -4.21. The molecule has 0 atom stereocenters. The Morgan fingerprint density at radius 2 is 1.92 bits per heavy atom. The van der Waals surface area contributed by atoms with Crippen molar-refractivity contribution < 1.29 is 29.3 Å². The van der Waals surface area contributed by atoms with E-state index in [0.717, 1.165) is 0 Å². The SMILES string of the molecule is Nc1nc(N(CCO)CCO)c2ncn(CCOCP(=O)(O)O)c2n1. The molecule has 0 unspecified atom stereocenters. The first kappa shape index (κ1) is 19.5. The lowest BCUT2D eigenvalue weighted by Crippen LogP contribution is -2.31. The van der Waals surface area contributed by atoms with Crippen LogP contribution in [0.2, 0.25) is 0 Å². The Morgan fingerprint density at radius 3 is 2.52 bits per heavy atom. The van der Waals surface area contributed by atoms with Crippen molar-refractivity contribution in [1.82, 2.24) is 19.5 Å². The second-order valence-corrected chi connectivity index (χ2v) is 6.74. The lowest BCUT2D eigenvalue weighted by molar-refractivity contribution is 0.149. The minimum absolute atomic E-state index is 0.00117. The third kappa shape index (κ3) is 5.33. The molecule has 0 bridgehead atoms. The zero-order chi connectivity index (χ0) is 18.4. The second-order valence-electron chi connectivity index (χ2n) is 5.15. The molecule has 6 N–H and O–H groups in total. The standard InChI is InChI=1S/C12H21N6O6P/c13-12-15-10(17(1-4-19)2-5-20)9-11(16-12)18(7-14-9)3-6-24-8-25(21,22)23/h7,19-20H,1-6,8H2,(H2,13,15,16)(H2,21,22,23). The summed E-state index contributed by atoms with van der Waals surface area (Å²) >= 11 is 0. The summed E-state index contributed by atoms with van der Waals surface area (Å²) in [5.41, 5.74) is 6.60. The van der Waals surface area contributed by atoms with Gasteiger partial charge in [-0.2, -0.15) is 9.97 Å².